The van der Waals surface area contributed by atoms with Gasteiger partial charge in [0.15, 0.2) is 11.6 Å². The molecule has 10 heteroatoms. The van der Waals surface area contributed by atoms with Crippen LogP contribution in [0.1, 0.15) is 17.2 Å². The maximum absolute atomic E-state index is 13.9. The fourth-order valence-electron chi connectivity index (χ4n) is 3.62. The average molecular weight is 454 g/mol. The minimum atomic E-state index is -1.34. The summed E-state index contributed by atoms with van der Waals surface area (Å²) in [5.41, 5.74) is -0.917. The third kappa shape index (κ3) is 3.82. The lowest BCUT2D eigenvalue weighted by Gasteiger charge is -2.25. The van der Waals surface area contributed by atoms with Gasteiger partial charge < -0.3 is 5.11 Å². The summed E-state index contributed by atoms with van der Waals surface area (Å²) in [7, 11) is 0. The molecule has 3 aromatic rings. The molecule has 0 radical (unpaired) electrons. The zero-order valence-electron chi connectivity index (χ0n) is 16.5. The summed E-state index contributed by atoms with van der Waals surface area (Å²) in [6, 6.07) is 10.6. The van der Waals surface area contributed by atoms with E-state index in [4.69, 9.17) is 0 Å². The van der Waals surface area contributed by atoms with E-state index in [0.717, 1.165) is 35.2 Å². The highest BCUT2D eigenvalue weighted by molar-refractivity contribution is 6.51. The van der Waals surface area contributed by atoms with Crippen molar-refractivity contribution in [1.29, 1.82) is 0 Å². The van der Waals surface area contributed by atoms with Gasteiger partial charge in [0, 0.05) is 29.4 Å². The summed E-state index contributed by atoms with van der Waals surface area (Å²) in [6.07, 6.45) is 0. The van der Waals surface area contributed by atoms with Gasteiger partial charge in [-0.3, -0.25) is 24.6 Å². The first kappa shape index (κ1) is 21.8. The lowest BCUT2D eigenvalue weighted by atomic mass is 9.95. The van der Waals surface area contributed by atoms with Crippen molar-refractivity contribution in [1.82, 2.24) is 0 Å². The van der Waals surface area contributed by atoms with Crippen molar-refractivity contribution < 1.29 is 32.8 Å². The van der Waals surface area contributed by atoms with Crippen molar-refractivity contribution in [3.8, 4) is 0 Å². The lowest BCUT2D eigenvalue weighted by Crippen LogP contribution is -2.29. The minimum absolute atomic E-state index is 0.111. The van der Waals surface area contributed by atoms with Crippen LogP contribution >= 0.6 is 0 Å². The molecule has 166 valence electrons. The maximum Gasteiger partial charge on any atom is 0.300 e. The average Bonchev–Trinajstić information content (AvgIpc) is 3.06. The number of halogens is 3. The summed E-state index contributed by atoms with van der Waals surface area (Å²) in [6.45, 7) is 0. The molecule has 7 nitrogen and oxygen atoms in total. The number of carbonyl (C=O) groups excluding carboxylic acids is 2. The molecule has 1 fully saturated rings. The molecule has 0 spiro atoms. The Labute approximate surface area is 184 Å². The fraction of sp³-hybridized carbons (Fsp3) is 0.0435. The number of hydrogen-bond acceptors (Lipinski definition) is 5. The first-order chi connectivity index (χ1) is 15.7. The number of benzene rings is 3. The van der Waals surface area contributed by atoms with Crippen LogP contribution < -0.4 is 4.90 Å². The van der Waals surface area contributed by atoms with Crippen LogP contribution in [-0.2, 0) is 9.59 Å². The van der Waals surface area contributed by atoms with Gasteiger partial charge in [0.05, 0.1) is 16.5 Å². The second-order valence-corrected chi connectivity index (χ2v) is 7.13. The second-order valence-electron chi connectivity index (χ2n) is 7.13. The van der Waals surface area contributed by atoms with Crippen LogP contribution in [0.5, 0.6) is 0 Å². The number of non-ortho nitro benzene ring substituents is 1. The van der Waals surface area contributed by atoms with Crippen LogP contribution in [0, 0.1) is 27.6 Å². The Morgan fingerprint density at radius 1 is 0.939 bits per heavy atom. The van der Waals surface area contributed by atoms with Crippen molar-refractivity contribution >= 4 is 28.8 Å². The monoisotopic (exact) mass is 454 g/mol. The number of amides is 1. The Morgan fingerprint density at radius 2 is 1.64 bits per heavy atom. The van der Waals surface area contributed by atoms with E-state index in [1.165, 1.54) is 30.3 Å². The van der Waals surface area contributed by atoms with E-state index in [0.29, 0.717) is 6.07 Å². The zero-order chi connectivity index (χ0) is 23.9. The molecule has 1 amide bonds. The molecule has 33 heavy (non-hydrogen) atoms. The molecule has 1 N–H and O–H groups in total. The van der Waals surface area contributed by atoms with Gasteiger partial charge in [0.2, 0.25) is 0 Å². The van der Waals surface area contributed by atoms with Crippen LogP contribution in [0.25, 0.3) is 5.76 Å². The Bertz CT molecular complexity index is 1340. The molecule has 0 aliphatic carbocycles. The number of nitro groups is 1. The molecular weight excluding hydrogens is 441 g/mol. The number of aliphatic hydroxyl groups is 1. The third-order valence-corrected chi connectivity index (χ3v) is 5.14. The largest absolute Gasteiger partial charge is 0.507 e. The number of nitrogens with zero attached hydrogens (tertiary/aromatic N) is 2. The standard InChI is InChI=1S/C23H13F3N2O5/c24-14-6-4-12(5-7-14)20-19(21(29)13-2-1-3-16(10-13)28(32)33)22(30)23(31)27(20)15-8-9-17(25)18(26)11-15/h1-11,20,29H/b21-19+. The highest BCUT2D eigenvalue weighted by atomic mass is 19.2. The molecular formula is C23H13F3N2O5. The second kappa shape index (κ2) is 8.23. The molecule has 1 unspecified atom stereocenters. The van der Waals surface area contributed by atoms with Crippen molar-refractivity contribution in [3.63, 3.8) is 0 Å². The van der Waals surface area contributed by atoms with E-state index in [9.17, 15) is 38.0 Å². The van der Waals surface area contributed by atoms with Crippen molar-refractivity contribution in [3.05, 3.63) is 111 Å². The summed E-state index contributed by atoms with van der Waals surface area (Å²) in [5.74, 6) is -6.07. The predicted molar refractivity (Wildman–Crippen MR) is 111 cm³/mol. The molecule has 4 rings (SSSR count). The number of nitro benzene ring substituents is 1. The van der Waals surface area contributed by atoms with Crippen LogP contribution in [0.3, 0.4) is 0 Å². The van der Waals surface area contributed by atoms with Gasteiger partial charge in [0.1, 0.15) is 11.6 Å². The number of aliphatic hydroxyl groups excluding tert-OH is 1. The van der Waals surface area contributed by atoms with Gasteiger partial charge in [-0.15, -0.1) is 0 Å². The molecule has 1 aliphatic heterocycles. The van der Waals surface area contributed by atoms with Gasteiger partial charge in [-0.25, -0.2) is 13.2 Å². The van der Waals surface area contributed by atoms with Gasteiger partial charge in [-0.2, -0.15) is 0 Å². The Balaban J connectivity index is 1.96. The highest BCUT2D eigenvalue weighted by Crippen LogP contribution is 2.42. The number of hydrogen-bond donors (Lipinski definition) is 1. The quantitative estimate of drug-likeness (QED) is 0.204. The first-order valence-corrected chi connectivity index (χ1v) is 9.45. The van der Waals surface area contributed by atoms with Gasteiger partial charge in [-0.1, -0.05) is 24.3 Å². The molecule has 0 aromatic heterocycles. The van der Waals surface area contributed by atoms with E-state index in [1.54, 1.807) is 0 Å². The van der Waals surface area contributed by atoms with Gasteiger partial charge in [-0.05, 0) is 29.8 Å². The zero-order valence-corrected chi connectivity index (χ0v) is 16.5. The van der Waals surface area contributed by atoms with Crippen LogP contribution in [0.15, 0.2) is 72.3 Å². The number of rotatable bonds is 4. The van der Waals surface area contributed by atoms with Crippen LogP contribution in [-0.4, -0.2) is 21.7 Å². The van der Waals surface area contributed by atoms with E-state index >= 15 is 0 Å². The topological polar surface area (TPSA) is 101 Å². The van der Waals surface area contributed by atoms with E-state index in [2.05, 4.69) is 0 Å². The normalized spacial score (nSPS) is 17.4. The molecule has 1 saturated heterocycles. The molecule has 3 aromatic carbocycles. The third-order valence-electron chi connectivity index (χ3n) is 5.14. The fourth-order valence-corrected chi connectivity index (χ4v) is 3.62. The summed E-state index contributed by atoms with van der Waals surface area (Å²) < 4.78 is 40.9. The Kier molecular flexibility index (Phi) is 5.42. The van der Waals surface area contributed by atoms with Crippen molar-refractivity contribution in [2.45, 2.75) is 6.04 Å². The van der Waals surface area contributed by atoms with Gasteiger partial charge in [0.25, 0.3) is 17.4 Å². The summed E-state index contributed by atoms with van der Waals surface area (Å²) in [5, 5.41) is 22.0. The highest BCUT2D eigenvalue weighted by Gasteiger charge is 2.47. The lowest BCUT2D eigenvalue weighted by molar-refractivity contribution is -0.384. The van der Waals surface area contributed by atoms with E-state index in [-0.39, 0.29) is 22.5 Å². The van der Waals surface area contributed by atoms with Crippen LogP contribution in [0.4, 0.5) is 24.5 Å². The number of anilines is 1. The summed E-state index contributed by atoms with van der Waals surface area (Å²) in [4.78, 5) is 37.1. The van der Waals surface area contributed by atoms with Gasteiger partial charge >= 0.3 is 0 Å². The molecule has 1 aliphatic rings. The summed E-state index contributed by atoms with van der Waals surface area (Å²) >= 11 is 0. The number of carbonyl (C=O) groups is 2. The van der Waals surface area contributed by atoms with Crippen LogP contribution in [0.2, 0.25) is 0 Å². The first-order valence-electron chi connectivity index (χ1n) is 9.45. The van der Waals surface area contributed by atoms with E-state index in [1.807, 2.05) is 0 Å². The molecule has 0 bridgehead atoms. The number of Topliss-reactive ketones (excluding diaryl/α,β-unsaturated/α-hetero) is 1. The predicted octanol–water partition coefficient (Wildman–Crippen LogP) is 4.64. The minimum Gasteiger partial charge on any atom is -0.507 e. The van der Waals surface area contributed by atoms with Crippen molar-refractivity contribution in [2.24, 2.45) is 0 Å². The molecule has 0 saturated carbocycles. The molecule has 1 atom stereocenters. The smallest absolute Gasteiger partial charge is 0.300 e. The molecule has 1 heterocycles. The Hall–Kier alpha value is -4.47. The van der Waals surface area contributed by atoms with Crippen molar-refractivity contribution in [2.75, 3.05) is 4.90 Å². The Morgan fingerprint density at radius 3 is 2.27 bits per heavy atom. The van der Waals surface area contributed by atoms with E-state index < -0.39 is 51.4 Å². The SMILES string of the molecule is O=C1C(=O)N(c2ccc(F)c(F)c2)C(c2ccc(F)cc2)/C1=C(\O)c1cccc([N+](=O)[O-])c1. The maximum atomic E-state index is 13.9. The number of ketones is 1.